The summed E-state index contributed by atoms with van der Waals surface area (Å²) in [5.74, 6) is 1.28. The van der Waals surface area contributed by atoms with Crippen molar-refractivity contribution in [3.05, 3.63) is 59.7 Å². The molecule has 0 spiro atoms. The van der Waals surface area contributed by atoms with Crippen molar-refractivity contribution in [3.63, 3.8) is 0 Å². The second kappa shape index (κ2) is 6.40. The third-order valence-electron chi connectivity index (χ3n) is 5.20. The number of carbonyl (C=O) groups is 1. The first-order valence-electron chi connectivity index (χ1n) is 9.27. The zero-order valence-electron chi connectivity index (χ0n) is 15.4. The van der Waals surface area contributed by atoms with E-state index in [1.54, 1.807) is 28.2 Å². The van der Waals surface area contributed by atoms with Crippen LogP contribution in [0.3, 0.4) is 0 Å². The Labute approximate surface area is 161 Å². The fourth-order valence-corrected chi connectivity index (χ4v) is 3.64. The van der Waals surface area contributed by atoms with Gasteiger partial charge < -0.3 is 4.90 Å². The fourth-order valence-electron chi connectivity index (χ4n) is 3.64. The summed E-state index contributed by atoms with van der Waals surface area (Å²) in [6.45, 7) is 3.43. The van der Waals surface area contributed by atoms with E-state index in [-0.39, 0.29) is 5.91 Å². The molecule has 0 aromatic carbocycles. The molecule has 5 heterocycles. The summed E-state index contributed by atoms with van der Waals surface area (Å²) in [6.07, 6.45) is 4.94. The average molecular weight is 378 g/mol. The molecular weight excluding hydrogens is 359 g/mol. The molecule has 0 radical (unpaired) electrons. The highest BCUT2D eigenvalue weighted by Gasteiger charge is 2.32. The third kappa shape index (κ3) is 2.81. The van der Waals surface area contributed by atoms with E-state index in [1.807, 2.05) is 36.1 Å². The largest absolute Gasteiger partial charge is 0.354 e. The number of nitrogens with zero attached hydrogens (tertiary/aromatic N) is 6. The van der Waals surface area contributed by atoms with Crippen LogP contribution in [0.25, 0.3) is 5.69 Å². The molecule has 5 rings (SSSR count). The van der Waals surface area contributed by atoms with Crippen molar-refractivity contribution in [1.82, 2.24) is 19.7 Å². The summed E-state index contributed by atoms with van der Waals surface area (Å²) in [7, 11) is 0. The van der Waals surface area contributed by atoms with Gasteiger partial charge in [-0.05, 0) is 37.1 Å². The summed E-state index contributed by atoms with van der Waals surface area (Å²) in [5.41, 5.74) is 3.11. The molecule has 1 atom stereocenters. The van der Waals surface area contributed by atoms with E-state index in [2.05, 4.69) is 15.1 Å². The van der Waals surface area contributed by atoms with Crippen LogP contribution < -0.4 is 9.80 Å². The van der Waals surface area contributed by atoms with Gasteiger partial charge in [-0.2, -0.15) is 5.10 Å². The Morgan fingerprint density at radius 3 is 2.57 bits per heavy atom. The number of halogens is 1. The number of amides is 1. The van der Waals surface area contributed by atoms with Crippen molar-refractivity contribution < 1.29 is 9.18 Å². The molecule has 2 aliphatic rings. The maximum Gasteiger partial charge on any atom is 0.263 e. The summed E-state index contributed by atoms with van der Waals surface area (Å²) in [5, 5.41) is 4.56. The van der Waals surface area contributed by atoms with Crippen LogP contribution >= 0.6 is 0 Å². The van der Waals surface area contributed by atoms with Crippen molar-refractivity contribution in [2.24, 2.45) is 0 Å². The molecule has 0 bridgehead atoms. The summed E-state index contributed by atoms with van der Waals surface area (Å²) < 4.78 is 15.1. The standard InChI is InChI=1S/C20H19FN6O/c1-13-2-4-19(22-8-13)26-12-17-16(20(26)28)11-27(24-17)15-3-5-18(23-9-15)25-7-6-14(21)10-25/h2-5,8-9,11,14H,6-7,10,12H2,1H3/t14-/m0/s1. The number of fused-ring (bicyclic) bond motifs is 1. The first-order chi connectivity index (χ1) is 13.6. The Kier molecular flexibility index (Phi) is 3.85. The molecule has 1 amide bonds. The lowest BCUT2D eigenvalue weighted by molar-refractivity contribution is 0.0995. The highest BCUT2D eigenvalue weighted by molar-refractivity contribution is 6.09. The van der Waals surface area contributed by atoms with E-state index in [9.17, 15) is 9.18 Å². The fraction of sp³-hybridized carbons (Fsp3) is 0.300. The number of pyridine rings is 2. The number of aryl methyl sites for hydroxylation is 1. The predicted octanol–water partition coefficient (Wildman–Crippen LogP) is 2.68. The average Bonchev–Trinajstić information content (AvgIpc) is 3.39. The highest BCUT2D eigenvalue weighted by atomic mass is 19.1. The Hall–Kier alpha value is -3.29. The Bertz CT molecular complexity index is 1030. The second-order valence-electron chi connectivity index (χ2n) is 7.23. The van der Waals surface area contributed by atoms with E-state index in [4.69, 9.17) is 0 Å². The number of carbonyl (C=O) groups excluding carboxylic acids is 1. The van der Waals surface area contributed by atoms with Gasteiger partial charge in [0.1, 0.15) is 17.8 Å². The van der Waals surface area contributed by atoms with Crippen molar-refractivity contribution in [2.45, 2.75) is 26.1 Å². The van der Waals surface area contributed by atoms with Gasteiger partial charge in [0.15, 0.2) is 0 Å². The van der Waals surface area contributed by atoms with Crippen molar-refractivity contribution in [2.75, 3.05) is 22.9 Å². The van der Waals surface area contributed by atoms with E-state index in [1.165, 1.54) is 0 Å². The minimum Gasteiger partial charge on any atom is -0.354 e. The highest BCUT2D eigenvalue weighted by Crippen LogP contribution is 2.27. The minimum atomic E-state index is -0.785. The molecule has 8 heteroatoms. The molecule has 3 aromatic rings. The van der Waals surface area contributed by atoms with Crippen molar-refractivity contribution in [1.29, 1.82) is 0 Å². The second-order valence-corrected chi connectivity index (χ2v) is 7.23. The van der Waals surface area contributed by atoms with E-state index in [0.29, 0.717) is 37.4 Å². The van der Waals surface area contributed by atoms with Crippen molar-refractivity contribution >= 4 is 17.5 Å². The molecule has 7 nitrogen and oxygen atoms in total. The number of hydrogen-bond donors (Lipinski definition) is 0. The van der Waals surface area contributed by atoms with Crippen LogP contribution in [0.1, 0.15) is 28.0 Å². The predicted molar refractivity (Wildman–Crippen MR) is 103 cm³/mol. The lowest BCUT2D eigenvalue weighted by Gasteiger charge is -2.16. The number of anilines is 2. The molecule has 142 valence electrons. The zero-order valence-corrected chi connectivity index (χ0v) is 15.4. The van der Waals surface area contributed by atoms with Crippen molar-refractivity contribution in [3.8, 4) is 5.69 Å². The van der Waals surface area contributed by atoms with Gasteiger partial charge in [-0.25, -0.2) is 19.0 Å². The van der Waals surface area contributed by atoms with Gasteiger partial charge >= 0.3 is 0 Å². The third-order valence-corrected chi connectivity index (χ3v) is 5.20. The van der Waals surface area contributed by atoms with Crippen LogP contribution in [0.5, 0.6) is 0 Å². The van der Waals surface area contributed by atoms with Gasteiger partial charge in [0, 0.05) is 18.9 Å². The number of aromatic nitrogens is 4. The van der Waals surface area contributed by atoms with Gasteiger partial charge in [-0.15, -0.1) is 0 Å². The SMILES string of the molecule is Cc1ccc(N2Cc3nn(-c4ccc(N5CC[C@H](F)C5)nc4)cc3C2=O)nc1. The van der Waals surface area contributed by atoms with Crippen LogP contribution in [0.4, 0.5) is 16.0 Å². The van der Waals surface area contributed by atoms with Crippen LogP contribution in [0.15, 0.2) is 42.9 Å². The first-order valence-corrected chi connectivity index (χ1v) is 9.27. The summed E-state index contributed by atoms with van der Waals surface area (Å²) >= 11 is 0. The molecule has 0 saturated carbocycles. The quantitative estimate of drug-likeness (QED) is 0.701. The zero-order chi connectivity index (χ0) is 19.3. The lowest BCUT2D eigenvalue weighted by Crippen LogP contribution is -2.24. The van der Waals surface area contributed by atoms with Gasteiger partial charge in [-0.1, -0.05) is 6.07 Å². The van der Waals surface area contributed by atoms with Crippen LogP contribution in [0, 0.1) is 6.92 Å². The molecule has 0 aliphatic carbocycles. The molecule has 1 saturated heterocycles. The molecule has 28 heavy (non-hydrogen) atoms. The molecule has 3 aromatic heterocycles. The summed E-state index contributed by atoms with van der Waals surface area (Å²) in [4.78, 5) is 25.1. The Morgan fingerprint density at radius 1 is 1.11 bits per heavy atom. The maximum atomic E-state index is 13.4. The van der Waals surface area contributed by atoms with Crippen LogP contribution in [0.2, 0.25) is 0 Å². The lowest BCUT2D eigenvalue weighted by atomic mass is 10.3. The number of alkyl halides is 1. The topological polar surface area (TPSA) is 67.2 Å². The Balaban J connectivity index is 1.36. The van der Waals surface area contributed by atoms with E-state index in [0.717, 1.165) is 22.8 Å². The number of rotatable bonds is 3. The molecule has 2 aliphatic heterocycles. The minimum absolute atomic E-state index is 0.103. The number of hydrogen-bond acceptors (Lipinski definition) is 5. The van der Waals surface area contributed by atoms with Gasteiger partial charge in [0.25, 0.3) is 5.91 Å². The van der Waals surface area contributed by atoms with Gasteiger partial charge in [0.2, 0.25) is 0 Å². The monoisotopic (exact) mass is 378 g/mol. The van der Waals surface area contributed by atoms with Gasteiger partial charge in [0.05, 0.1) is 36.2 Å². The van der Waals surface area contributed by atoms with Crippen LogP contribution in [-0.2, 0) is 6.54 Å². The summed E-state index contributed by atoms with van der Waals surface area (Å²) in [6, 6.07) is 7.53. The van der Waals surface area contributed by atoms with E-state index < -0.39 is 6.17 Å². The normalized spacial score (nSPS) is 18.8. The molecule has 0 N–H and O–H groups in total. The molecule has 0 unspecified atom stereocenters. The first kappa shape index (κ1) is 16.9. The molecular formula is C20H19FN6O. The smallest absolute Gasteiger partial charge is 0.263 e. The maximum absolute atomic E-state index is 13.4. The van der Waals surface area contributed by atoms with Gasteiger partial charge in [-0.3, -0.25) is 9.69 Å². The Morgan fingerprint density at radius 2 is 1.93 bits per heavy atom. The van der Waals surface area contributed by atoms with Crippen LogP contribution in [-0.4, -0.2) is 44.9 Å². The van der Waals surface area contributed by atoms with E-state index >= 15 is 0 Å². The molecule has 1 fully saturated rings.